The maximum atomic E-state index is 2.49. The van der Waals surface area contributed by atoms with Gasteiger partial charge in [0.1, 0.15) is 0 Å². The summed E-state index contributed by atoms with van der Waals surface area (Å²) in [6.45, 7) is 6.49. The third-order valence-corrected chi connectivity index (χ3v) is 4.18. The minimum absolute atomic E-state index is 1.04. The summed E-state index contributed by atoms with van der Waals surface area (Å²) in [4.78, 5) is 0. The average molecular weight is 196 g/mol. The molecule has 0 heterocycles. The van der Waals surface area contributed by atoms with Crippen molar-refractivity contribution in [3.05, 3.63) is 0 Å². The van der Waals surface area contributed by atoms with Crippen LogP contribution in [-0.2, 0) is 0 Å². The Kier molecular flexibility index (Phi) is 5.59. The molecule has 0 N–H and O–H groups in total. The highest BCUT2D eigenvalue weighted by Gasteiger charge is 2.30. The first-order valence-corrected chi connectivity index (χ1v) is 6.88. The van der Waals surface area contributed by atoms with E-state index in [1.54, 1.807) is 19.3 Å². The molecule has 2 aliphatic carbocycles. The highest BCUT2D eigenvalue weighted by molar-refractivity contribution is 4.81. The topological polar surface area (TPSA) is 0 Å². The molecule has 0 amide bonds. The molecule has 0 nitrogen and oxygen atoms in total. The van der Waals surface area contributed by atoms with Gasteiger partial charge in [-0.15, -0.1) is 0 Å². The van der Waals surface area contributed by atoms with Crippen LogP contribution in [-0.4, -0.2) is 0 Å². The summed E-state index contributed by atoms with van der Waals surface area (Å²) in [5.74, 6) is 3.28. The third kappa shape index (κ3) is 3.00. The lowest BCUT2D eigenvalue weighted by atomic mass is 9.73. The molecule has 0 bridgehead atoms. The Labute approximate surface area is 90.5 Å². The Morgan fingerprint density at radius 1 is 0.714 bits per heavy atom. The summed E-state index contributed by atoms with van der Waals surface area (Å²) in [5.41, 5.74) is 0. The maximum absolute atomic E-state index is 2.49. The zero-order valence-corrected chi connectivity index (χ0v) is 10.4. The van der Waals surface area contributed by atoms with Gasteiger partial charge < -0.3 is 0 Å². The van der Waals surface area contributed by atoms with Gasteiger partial charge in [0.05, 0.1) is 0 Å². The fourth-order valence-corrected chi connectivity index (χ4v) is 3.43. The van der Waals surface area contributed by atoms with E-state index in [2.05, 4.69) is 6.92 Å². The number of hydrogen-bond acceptors (Lipinski definition) is 0. The predicted octanol–water partition coefficient (Wildman–Crippen LogP) is 5.03. The Balaban J connectivity index is 0.000000461. The van der Waals surface area contributed by atoms with E-state index in [4.69, 9.17) is 0 Å². The Morgan fingerprint density at radius 2 is 1.21 bits per heavy atom. The standard InChI is InChI=1S/C12H22.C2H6/c1-10-6-2-5-9-12(10)11-7-3-4-8-11;1-2/h10-12H,2-9H2,1H3;1-2H3. The first kappa shape index (κ1) is 12.1. The normalized spacial score (nSPS) is 33.6. The zero-order valence-electron chi connectivity index (χ0n) is 10.4. The molecule has 14 heavy (non-hydrogen) atoms. The van der Waals surface area contributed by atoms with Crippen molar-refractivity contribution in [1.82, 2.24) is 0 Å². The summed E-state index contributed by atoms with van der Waals surface area (Å²) in [6.07, 6.45) is 12.2. The molecule has 2 saturated carbocycles. The predicted molar refractivity (Wildman–Crippen MR) is 64.4 cm³/mol. The van der Waals surface area contributed by atoms with Crippen molar-refractivity contribution < 1.29 is 0 Å². The molecule has 0 spiro atoms. The SMILES string of the molecule is CC.CC1CCCCC1C1CCCC1. The first-order valence-electron chi connectivity index (χ1n) is 6.88. The Bertz CT molecular complexity index is 133. The summed E-state index contributed by atoms with van der Waals surface area (Å²) in [5, 5.41) is 0. The van der Waals surface area contributed by atoms with Gasteiger partial charge in [-0.1, -0.05) is 65.7 Å². The van der Waals surface area contributed by atoms with Gasteiger partial charge in [-0.05, 0) is 24.2 Å². The lowest BCUT2D eigenvalue weighted by Crippen LogP contribution is -2.23. The van der Waals surface area contributed by atoms with Crippen molar-refractivity contribution in [3.8, 4) is 0 Å². The van der Waals surface area contributed by atoms with E-state index in [1.165, 1.54) is 32.1 Å². The molecule has 0 aromatic rings. The fraction of sp³-hybridized carbons (Fsp3) is 1.00. The summed E-state index contributed by atoms with van der Waals surface area (Å²) >= 11 is 0. The Hall–Kier alpha value is 0. The van der Waals surface area contributed by atoms with Crippen LogP contribution in [0.15, 0.2) is 0 Å². The van der Waals surface area contributed by atoms with Gasteiger partial charge in [-0.25, -0.2) is 0 Å². The van der Waals surface area contributed by atoms with Crippen LogP contribution in [0.4, 0.5) is 0 Å². The molecular formula is C14H28. The second-order valence-corrected chi connectivity index (χ2v) is 4.97. The van der Waals surface area contributed by atoms with Gasteiger partial charge >= 0.3 is 0 Å². The van der Waals surface area contributed by atoms with Crippen molar-refractivity contribution in [2.75, 3.05) is 0 Å². The van der Waals surface area contributed by atoms with Crippen molar-refractivity contribution in [3.63, 3.8) is 0 Å². The molecule has 84 valence electrons. The average Bonchev–Trinajstić information content (AvgIpc) is 2.75. The molecule has 0 aliphatic heterocycles. The molecular weight excluding hydrogens is 168 g/mol. The maximum Gasteiger partial charge on any atom is -0.0360 e. The van der Waals surface area contributed by atoms with Gasteiger partial charge in [0, 0.05) is 0 Å². The molecule has 0 heteroatoms. The minimum atomic E-state index is 1.04. The van der Waals surface area contributed by atoms with E-state index in [9.17, 15) is 0 Å². The van der Waals surface area contributed by atoms with E-state index >= 15 is 0 Å². The first-order chi connectivity index (χ1) is 6.88. The van der Waals surface area contributed by atoms with E-state index in [0.717, 1.165) is 17.8 Å². The summed E-state index contributed by atoms with van der Waals surface area (Å²) in [7, 11) is 0. The van der Waals surface area contributed by atoms with Crippen LogP contribution in [0.5, 0.6) is 0 Å². The van der Waals surface area contributed by atoms with Crippen molar-refractivity contribution in [2.24, 2.45) is 17.8 Å². The number of hydrogen-bond donors (Lipinski definition) is 0. The quantitative estimate of drug-likeness (QED) is 0.552. The van der Waals surface area contributed by atoms with Crippen LogP contribution in [0, 0.1) is 17.8 Å². The monoisotopic (exact) mass is 196 g/mol. The van der Waals surface area contributed by atoms with Crippen LogP contribution in [0.25, 0.3) is 0 Å². The Morgan fingerprint density at radius 3 is 1.79 bits per heavy atom. The molecule has 0 saturated heterocycles. The van der Waals surface area contributed by atoms with Gasteiger partial charge in [0.2, 0.25) is 0 Å². The van der Waals surface area contributed by atoms with Gasteiger partial charge in [-0.3, -0.25) is 0 Å². The van der Waals surface area contributed by atoms with Gasteiger partial charge in [0.15, 0.2) is 0 Å². The summed E-state index contributed by atoms with van der Waals surface area (Å²) in [6, 6.07) is 0. The van der Waals surface area contributed by atoms with E-state index < -0.39 is 0 Å². The van der Waals surface area contributed by atoms with Crippen LogP contribution in [0.2, 0.25) is 0 Å². The molecule has 0 aromatic heterocycles. The lowest BCUT2D eigenvalue weighted by Gasteiger charge is -2.33. The van der Waals surface area contributed by atoms with Gasteiger partial charge in [0.25, 0.3) is 0 Å². The second-order valence-electron chi connectivity index (χ2n) is 4.97. The van der Waals surface area contributed by atoms with Crippen molar-refractivity contribution in [2.45, 2.75) is 72.1 Å². The second kappa shape index (κ2) is 6.48. The highest BCUT2D eigenvalue weighted by Crippen LogP contribution is 2.42. The van der Waals surface area contributed by atoms with Crippen LogP contribution >= 0.6 is 0 Å². The molecule has 2 atom stereocenters. The van der Waals surface area contributed by atoms with Gasteiger partial charge in [-0.2, -0.15) is 0 Å². The third-order valence-electron chi connectivity index (χ3n) is 4.18. The lowest BCUT2D eigenvalue weighted by molar-refractivity contribution is 0.176. The molecule has 0 radical (unpaired) electrons. The molecule has 0 aromatic carbocycles. The minimum Gasteiger partial charge on any atom is -0.0683 e. The van der Waals surface area contributed by atoms with Crippen molar-refractivity contribution >= 4 is 0 Å². The van der Waals surface area contributed by atoms with Crippen LogP contribution in [0.1, 0.15) is 72.1 Å². The van der Waals surface area contributed by atoms with Crippen LogP contribution in [0.3, 0.4) is 0 Å². The highest BCUT2D eigenvalue weighted by atomic mass is 14.4. The van der Waals surface area contributed by atoms with E-state index in [1.807, 2.05) is 13.8 Å². The molecule has 2 rings (SSSR count). The molecule has 2 aliphatic rings. The smallest absolute Gasteiger partial charge is 0.0360 e. The fourth-order valence-electron chi connectivity index (χ4n) is 3.43. The molecule has 2 unspecified atom stereocenters. The number of rotatable bonds is 1. The van der Waals surface area contributed by atoms with Crippen LogP contribution < -0.4 is 0 Å². The van der Waals surface area contributed by atoms with Crippen molar-refractivity contribution in [1.29, 1.82) is 0 Å². The molecule has 2 fully saturated rings. The van der Waals surface area contributed by atoms with E-state index in [0.29, 0.717) is 0 Å². The largest absolute Gasteiger partial charge is 0.0683 e. The zero-order chi connectivity index (χ0) is 10.4. The van der Waals surface area contributed by atoms with E-state index in [-0.39, 0.29) is 0 Å². The summed E-state index contributed by atoms with van der Waals surface area (Å²) < 4.78 is 0.